The van der Waals surface area contributed by atoms with E-state index in [1.807, 2.05) is 0 Å². The molecule has 2 aromatic carbocycles. The van der Waals surface area contributed by atoms with Crippen molar-refractivity contribution in [1.29, 1.82) is 0 Å². The molecule has 1 aliphatic heterocycles. The summed E-state index contributed by atoms with van der Waals surface area (Å²) in [6.07, 6.45) is 0.498. The van der Waals surface area contributed by atoms with Gasteiger partial charge in [-0.1, -0.05) is 29.3 Å². The maximum Gasteiger partial charge on any atom is 0.243 e. The number of hydrogen-bond donors (Lipinski definition) is 1. The van der Waals surface area contributed by atoms with Crippen LogP contribution in [0.2, 0.25) is 10.0 Å². The molecule has 1 N–H and O–H groups in total. The molecule has 1 heterocycles. The molecule has 0 aromatic heterocycles. The average Bonchev–Trinajstić information content (AvgIpc) is 2.77. The highest BCUT2D eigenvalue weighted by Crippen LogP contribution is 2.26. The fourth-order valence-electron chi connectivity index (χ4n) is 3.24. The monoisotopic (exact) mass is 486 g/mol. The summed E-state index contributed by atoms with van der Waals surface area (Å²) in [5.74, 6) is 0.351. The Morgan fingerprint density at radius 2 is 1.87 bits per heavy atom. The lowest BCUT2D eigenvalue weighted by molar-refractivity contribution is -0.121. The molecule has 0 atom stereocenters. The van der Waals surface area contributed by atoms with Gasteiger partial charge >= 0.3 is 0 Å². The third-order valence-corrected chi connectivity index (χ3v) is 7.45. The summed E-state index contributed by atoms with van der Waals surface area (Å²) in [4.78, 5) is 12.5. The predicted octanol–water partition coefficient (Wildman–Crippen LogP) is 3.27. The highest BCUT2D eigenvalue weighted by Gasteiger charge is 2.27. The molecule has 1 saturated heterocycles. The Morgan fingerprint density at radius 3 is 2.55 bits per heavy atom. The number of ether oxygens (including phenoxy) is 2. The van der Waals surface area contributed by atoms with Crippen LogP contribution >= 0.6 is 23.2 Å². The minimum atomic E-state index is -3.63. The Labute approximate surface area is 192 Å². The Morgan fingerprint density at radius 1 is 1.13 bits per heavy atom. The van der Waals surface area contributed by atoms with Crippen molar-refractivity contribution in [3.8, 4) is 5.75 Å². The Bertz CT molecular complexity index is 1040. The fraction of sp³-hybridized carbons (Fsp3) is 0.381. The number of halogens is 2. The molecule has 168 valence electrons. The van der Waals surface area contributed by atoms with Gasteiger partial charge in [0.15, 0.2) is 0 Å². The molecule has 1 aliphatic rings. The number of sulfonamides is 1. The predicted molar refractivity (Wildman–Crippen MR) is 119 cm³/mol. The van der Waals surface area contributed by atoms with Crippen molar-refractivity contribution in [3.05, 3.63) is 57.6 Å². The zero-order valence-electron chi connectivity index (χ0n) is 17.1. The third kappa shape index (κ3) is 6.11. The van der Waals surface area contributed by atoms with Crippen LogP contribution in [0.5, 0.6) is 5.75 Å². The van der Waals surface area contributed by atoms with E-state index in [2.05, 4.69) is 5.32 Å². The van der Waals surface area contributed by atoms with Crippen molar-refractivity contribution in [2.24, 2.45) is 0 Å². The molecular formula is C21H24Cl2N2O5S. The molecule has 1 amide bonds. The second kappa shape index (κ2) is 10.7. The molecule has 2 aromatic rings. The summed E-state index contributed by atoms with van der Waals surface area (Å²) in [6, 6.07) is 9.81. The van der Waals surface area contributed by atoms with Crippen LogP contribution in [0.4, 0.5) is 0 Å². The number of carbonyl (C=O) groups excluding carboxylic acids is 1. The topological polar surface area (TPSA) is 84.9 Å². The summed E-state index contributed by atoms with van der Waals surface area (Å²) in [6.45, 7) is 1.66. The molecule has 0 radical (unpaired) electrons. The lowest BCUT2D eigenvalue weighted by Gasteiger charge is -2.26. The van der Waals surface area contributed by atoms with E-state index in [0.29, 0.717) is 54.1 Å². The van der Waals surface area contributed by atoms with Crippen LogP contribution in [0.15, 0.2) is 41.3 Å². The van der Waals surface area contributed by atoms with Gasteiger partial charge in [-0.25, -0.2) is 8.42 Å². The van der Waals surface area contributed by atoms with Crippen molar-refractivity contribution >= 4 is 39.1 Å². The van der Waals surface area contributed by atoms with Gasteiger partial charge in [-0.3, -0.25) is 4.79 Å². The quantitative estimate of drug-likeness (QED) is 0.618. The number of carbonyl (C=O) groups is 1. The Balaban J connectivity index is 1.66. The van der Waals surface area contributed by atoms with E-state index >= 15 is 0 Å². The van der Waals surface area contributed by atoms with Crippen molar-refractivity contribution in [2.45, 2.75) is 24.3 Å². The summed E-state index contributed by atoms with van der Waals surface area (Å²) >= 11 is 12.0. The number of hydrogen-bond acceptors (Lipinski definition) is 5. The Kier molecular flexibility index (Phi) is 8.18. The summed E-state index contributed by atoms with van der Waals surface area (Å²) in [5, 5.41) is 3.82. The van der Waals surface area contributed by atoms with Crippen LogP contribution in [-0.2, 0) is 32.5 Å². The zero-order chi connectivity index (χ0) is 22.4. The number of morpholine rings is 1. The van der Waals surface area contributed by atoms with E-state index in [0.717, 1.165) is 5.56 Å². The second-order valence-electron chi connectivity index (χ2n) is 7.00. The SMILES string of the molecule is COc1ccc(S(=O)(=O)N2CCOCC2)cc1CCC(=O)NCc1ccc(Cl)cc1Cl. The molecule has 0 saturated carbocycles. The lowest BCUT2D eigenvalue weighted by atomic mass is 10.1. The first-order valence-electron chi connectivity index (χ1n) is 9.76. The lowest BCUT2D eigenvalue weighted by Crippen LogP contribution is -2.40. The van der Waals surface area contributed by atoms with Gasteiger partial charge in [0.2, 0.25) is 15.9 Å². The molecule has 0 aliphatic carbocycles. The van der Waals surface area contributed by atoms with E-state index in [9.17, 15) is 13.2 Å². The van der Waals surface area contributed by atoms with Gasteiger partial charge < -0.3 is 14.8 Å². The van der Waals surface area contributed by atoms with Crippen LogP contribution in [0.25, 0.3) is 0 Å². The number of nitrogens with one attached hydrogen (secondary N) is 1. The largest absolute Gasteiger partial charge is 0.496 e. The Hall–Kier alpha value is -1.84. The molecule has 10 heteroatoms. The fourth-order valence-corrected chi connectivity index (χ4v) is 5.18. The minimum absolute atomic E-state index is 0.169. The van der Waals surface area contributed by atoms with Crippen LogP contribution in [0, 0.1) is 0 Å². The highest BCUT2D eigenvalue weighted by molar-refractivity contribution is 7.89. The third-order valence-electron chi connectivity index (χ3n) is 4.97. The first-order valence-corrected chi connectivity index (χ1v) is 12.0. The molecule has 0 bridgehead atoms. The number of aryl methyl sites for hydroxylation is 1. The van der Waals surface area contributed by atoms with Crippen molar-refractivity contribution < 1.29 is 22.7 Å². The molecule has 3 rings (SSSR count). The van der Waals surface area contributed by atoms with Gasteiger partial charge in [0.25, 0.3) is 0 Å². The maximum atomic E-state index is 12.9. The van der Waals surface area contributed by atoms with Crippen molar-refractivity contribution in [1.82, 2.24) is 9.62 Å². The first-order chi connectivity index (χ1) is 14.8. The van der Waals surface area contributed by atoms with E-state index in [1.54, 1.807) is 30.3 Å². The van der Waals surface area contributed by atoms with Gasteiger partial charge in [-0.05, 0) is 47.9 Å². The number of benzene rings is 2. The molecular weight excluding hydrogens is 463 g/mol. The molecule has 0 spiro atoms. The van der Waals surface area contributed by atoms with Gasteiger partial charge in [-0.15, -0.1) is 0 Å². The number of amides is 1. The minimum Gasteiger partial charge on any atom is -0.496 e. The zero-order valence-corrected chi connectivity index (χ0v) is 19.4. The first kappa shape index (κ1) is 23.8. The number of nitrogens with zero attached hydrogens (tertiary/aromatic N) is 1. The molecule has 0 unspecified atom stereocenters. The summed E-state index contributed by atoms with van der Waals surface area (Å²) in [7, 11) is -2.12. The van der Waals surface area contributed by atoms with Gasteiger partial charge in [-0.2, -0.15) is 4.31 Å². The van der Waals surface area contributed by atoms with E-state index < -0.39 is 10.0 Å². The maximum absolute atomic E-state index is 12.9. The van der Waals surface area contributed by atoms with Gasteiger partial charge in [0.05, 0.1) is 25.2 Å². The highest BCUT2D eigenvalue weighted by atomic mass is 35.5. The van der Waals surface area contributed by atoms with Crippen LogP contribution in [0.1, 0.15) is 17.5 Å². The molecule has 7 nitrogen and oxygen atoms in total. The van der Waals surface area contributed by atoms with E-state index in [-0.39, 0.29) is 23.8 Å². The van der Waals surface area contributed by atoms with Crippen LogP contribution in [-0.4, -0.2) is 52.0 Å². The summed E-state index contributed by atoms with van der Waals surface area (Å²) in [5.41, 5.74) is 1.41. The average molecular weight is 487 g/mol. The smallest absolute Gasteiger partial charge is 0.243 e. The summed E-state index contributed by atoms with van der Waals surface area (Å²) < 4.78 is 37.8. The van der Waals surface area contributed by atoms with E-state index in [1.165, 1.54) is 17.5 Å². The van der Waals surface area contributed by atoms with Gasteiger partial charge in [0, 0.05) is 36.1 Å². The standard InChI is InChI=1S/C21H24Cl2N2O5S/c1-29-20-6-5-18(31(27,28)25-8-10-30-11-9-25)12-15(20)3-7-21(26)24-14-16-2-4-17(22)13-19(16)23/h2,4-6,12-13H,3,7-11,14H2,1H3,(H,24,26). The normalized spacial score (nSPS) is 14.9. The van der Waals surface area contributed by atoms with Gasteiger partial charge in [0.1, 0.15) is 5.75 Å². The second-order valence-corrected chi connectivity index (χ2v) is 9.78. The van der Waals surface area contributed by atoms with Crippen molar-refractivity contribution in [2.75, 3.05) is 33.4 Å². The number of rotatable bonds is 8. The van der Waals surface area contributed by atoms with Crippen molar-refractivity contribution in [3.63, 3.8) is 0 Å². The number of methoxy groups -OCH3 is 1. The van der Waals surface area contributed by atoms with Crippen LogP contribution in [0.3, 0.4) is 0 Å². The van der Waals surface area contributed by atoms with Crippen LogP contribution < -0.4 is 10.1 Å². The van der Waals surface area contributed by atoms with E-state index in [4.69, 9.17) is 32.7 Å². The molecule has 31 heavy (non-hydrogen) atoms. The molecule has 1 fully saturated rings.